The fraction of sp³-hybridized carbons (Fsp3) is 0.261. The number of halogens is 1. The molecule has 7 nitrogen and oxygen atoms in total. The fourth-order valence-electron chi connectivity index (χ4n) is 3.83. The Kier molecular flexibility index (Phi) is 5.46. The monoisotopic (exact) mass is 421 g/mol. The highest BCUT2D eigenvalue weighted by molar-refractivity contribution is 5.91. The molecule has 2 aromatic heterocycles. The summed E-state index contributed by atoms with van der Waals surface area (Å²) in [6, 6.07) is 6.26. The van der Waals surface area contributed by atoms with Gasteiger partial charge in [0, 0.05) is 60.3 Å². The number of rotatable bonds is 2. The zero-order valence-corrected chi connectivity index (χ0v) is 17.6. The molecule has 3 aromatic rings. The van der Waals surface area contributed by atoms with Crippen molar-refractivity contribution in [3.05, 3.63) is 64.4 Å². The number of hydrogen-bond donors (Lipinski definition) is 2. The van der Waals surface area contributed by atoms with Gasteiger partial charge < -0.3 is 20.7 Å². The summed E-state index contributed by atoms with van der Waals surface area (Å²) in [5.41, 5.74) is 17.4. The number of nitrogens with two attached hydrogens (primary N) is 2. The average Bonchev–Trinajstić information content (AvgIpc) is 3.16. The first-order chi connectivity index (χ1) is 14.9. The van der Waals surface area contributed by atoms with Crippen molar-refractivity contribution in [3.8, 4) is 16.9 Å². The van der Waals surface area contributed by atoms with Crippen molar-refractivity contribution in [3.63, 3.8) is 0 Å². The first-order valence-electron chi connectivity index (χ1n) is 10.0. The van der Waals surface area contributed by atoms with Crippen molar-refractivity contribution in [2.24, 2.45) is 10.7 Å². The van der Waals surface area contributed by atoms with Gasteiger partial charge in [-0.25, -0.2) is 9.37 Å². The number of benzene rings is 1. The molecule has 0 spiro atoms. The number of nitrogen functional groups attached to an aromatic ring is 1. The fourth-order valence-corrected chi connectivity index (χ4v) is 3.83. The lowest BCUT2D eigenvalue weighted by atomic mass is 9.94. The molecule has 0 radical (unpaired) electrons. The molecule has 0 fully saturated rings. The Morgan fingerprint density at radius 1 is 1.29 bits per heavy atom. The van der Waals surface area contributed by atoms with Crippen LogP contribution >= 0.6 is 0 Å². The number of nitrogens with zero attached hydrogens (tertiary/aromatic N) is 3. The van der Waals surface area contributed by atoms with Crippen LogP contribution in [0.1, 0.15) is 42.5 Å². The van der Waals surface area contributed by atoms with E-state index in [4.69, 9.17) is 20.7 Å². The Balaban J connectivity index is 2.03. The molecule has 0 amide bonds. The van der Waals surface area contributed by atoms with Crippen LogP contribution in [0.3, 0.4) is 0 Å². The molecule has 4 N–H and O–H groups in total. The van der Waals surface area contributed by atoms with E-state index in [1.165, 1.54) is 12.1 Å². The predicted octanol–water partition coefficient (Wildman–Crippen LogP) is 4.09. The van der Waals surface area contributed by atoms with Gasteiger partial charge >= 0.3 is 0 Å². The maximum Gasteiger partial charge on any atom is 0.166 e. The van der Waals surface area contributed by atoms with Gasteiger partial charge in [-0.3, -0.25) is 4.99 Å². The lowest BCUT2D eigenvalue weighted by molar-refractivity contribution is 0.227. The predicted molar refractivity (Wildman–Crippen MR) is 118 cm³/mol. The minimum atomic E-state index is -0.532. The molecule has 1 atom stereocenters. The highest BCUT2D eigenvalue weighted by Gasteiger charge is 2.24. The number of aliphatic imine (C=N–C) groups is 1. The molecule has 4 rings (SSSR count). The van der Waals surface area contributed by atoms with E-state index in [-0.39, 0.29) is 11.6 Å². The van der Waals surface area contributed by atoms with E-state index in [0.29, 0.717) is 41.1 Å². The second-order valence-electron chi connectivity index (χ2n) is 7.38. The molecule has 31 heavy (non-hydrogen) atoms. The normalized spacial score (nSPS) is 16.3. The second kappa shape index (κ2) is 8.22. The van der Waals surface area contributed by atoms with E-state index in [1.54, 1.807) is 25.5 Å². The maximum absolute atomic E-state index is 14.1. The third-order valence-electron chi connectivity index (χ3n) is 5.36. The molecule has 2 bridgehead atoms. The lowest BCUT2D eigenvalue weighted by Crippen LogP contribution is -2.14. The van der Waals surface area contributed by atoms with Crippen molar-refractivity contribution >= 4 is 17.7 Å². The van der Waals surface area contributed by atoms with E-state index in [9.17, 15) is 4.39 Å². The Labute approximate surface area is 179 Å². The summed E-state index contributed by atoms with van der Waals surface area (Å²) in [4.78, 5) is 8.48. The zero-order chi connectivity index (χ0) is 22.1. The van der Waals surface area contributed by atoms with Crippen molar-refractivity contribution in [1.82, 2.24) is 10.1 Å². The standard InChI is InChI=1S/C23H24FN5O2/c1-4-19-21-13-8-20(23(26)28-11-13)30-12(2)17-9-15(24)5-6-16(17)22(25)14(10-27-3)7-18(21)29-31-19/h5-6,8-12H,4,7,25H2,1-3H3,(H2,26,28). The maximum atomic E-state index is 14.1. The third kappa shape index (κ3) is 3.76. The SMILES string of the molecule is CCc1onc2c1-c1cnc(N)c(c1)OC(C)c1cc(F)ccc1C(N)=C(C=NC)C2. The largest absolute Gasteiger partial charge is 0.482 e. The van der Waals surface area contributed by atoms with Gasteiger partial charge in [-0.2, -0.15) is 0 Å². The van der Waals surface area contributed by atoms with Gasteiger partial charge in [-0.1, -0.05) is 12.1 Å². The molecule has 0 saturated carbocycles. The molecule has 1 unspecified atom stereocenters. The van der Waals surface area contributed by atoms with Gasteiger partial charge in [0.25, 0.3) is 0 Å². The summed E-state index contributed by atoms with van der Waals surface area (Å²) in [5.74, 6) is 0.981. The van der Waals surface area contributed by atoms with Crippen LogP contribution in [0.25, 0.3) is 16.8 Å². The van der Waals surface area contributed by atoms with E-state index in [2.05, 4.69) is 15.1 Å². The Hall–Kier alpha value is -3.68. The molecule has 3 heterocycles. The Morgan fingerprint density at radius 3 is 2.84 bits per heavy atom. The number of fused-ring (bicyclic) bond motifs is 5. The highest BCUT2D eigenvalue weighted by Crippen LogP contribution is 2.37. The molecule has 1 aliphatic heterocycles. The summed E-state index contributed by atoms with van der Waals surface area (Å²) < 4.78 is 25.9. The summed E-state index contributed by atoms with van der Waals surface area (Å²) in [5, 5.41) is 4.30. The molecular formula is C23H24FN5O2. The smallest absolute Gasteiger partial charge is 0.166 e. The van der Waals surface area contributed by atoms with Crippen LogP contribution in [-0.2, 0) is 12.8 Å². The number of aromatic nitrogens is 2. The number of hydrogen-bond acceptors (Lipinski definition) is 7. The van der Waals surface area contributed by atoms with Gasteiger partial charge in [-0.05, 0) is 36.8 Å². The number of anilines is 1. The number of allylic oxidation sites excluding steroid dienone is 1. The van der Waals surface area contributed by atoms with Crippen LogP contribution in [0.5, 0.6) is 5.75 Å². The summed E-state index contributed by atoms with van der Waals surface area (Å²) in [7, 11) is 1.67. The zero-order valence-electron chi connectivity index (χ0n) is 17.6. The van der Waals surface area contributed by atoms with Crippen LogP contribution in [0.2, 0.25) is 0 Å². The van der Waals surface area contributed by atoms with Crippen molar-refractivity contribution in [2.45, 2.75) is 32.8 Å². The molecule has 160 valence electrons. The third-order valence-corrected chi connectivity index (χ3v) is 5.36. The van der Waals surface area contributed by atoms with Crippen LogP contribution in [0, 0.1) is 5.82 Å². The average molecular weight is 421 g/mol. The second-order valence-corrected chi connectivity index (χ2v) is 7.38. The number of ether oxygens (including phenoxy) is 1. The minimum absolute atomic E-state index is 0.240. The van der Waals surface area contributed by atoms with E-state index >= 15 is 0 Å². The van der Waals surface area contributed by atoms with Crippen molar-refractivity contribution in [2.75, 3.05) is 12.8 Å². The van der Waals surface area contributed by atoms with E-state index < -0.39 is 6.10 Å². The summed E-state index contributed by atoms with van der Waals surface area (Å²) in [6.07, 6.45) is 3.86. The van der Waals surface area contributed by atoms with E-state index in [1.807, 2.05) is 19.9 Å². The Morgan fingerprint density at radius 2 is 2.10 bits per heavy atom. The van der Waals surface area contributed by atoms with Crippen molar-refractivity contribution < 1.29 is 13.7 Å². The number of pyridine rings is 1. The van der Waals surface area contributed by atoms with Crippen LogP contribution in [0.15, 0.2) is 45.6 Å². The summed E-state index contributed by atoms with van der Waals surface area (Å²) >= 11 is 0. The van der Waals surface area contributed by atoms with E-state index in [0.717, 1.165) is 22.5 Å². The molecule has 0 aliphatic carbocycles. The van der Waals surface area contributed by atoms with Gasteiger partial charge in [0.05, 0.1) is 5.69 Å². The Bertz CT molecular complexity index is 1200. The molecular weight excluding hydrogens is 397 g/mol. The van der Waals surface area contributed by atoms with Crippen molar-refractivity contribution in [1.29, 1.82) is 0 Å². The van der Waals surface area contributed by atoms with Crippen LogP contribution < -0.4 is 16.2 Å². The molecule has 8 heteroatoms. The van der Waals surface area contributed by atoms with Gasteiger partial charge in [0.2, 0.25) is 0 Å². The van der Waals surface area contributed by atoms with Crippen LogP contribution in [0.4, 0.5) is 10.2 Å². The number of aryl methyl sites for hydroxylation is 1. The first-order valence-corrected chi connectivity index (χ1v) is 10.0. The summed E-state index contributed by atoms with van der Waals surface area (Å²) in [6.45, 7) is 3.81. The molecule has 0 saturated heterocycles. The quantitative estimate of drug-likeness (QED) is 0.603. The highest BCUT2D eigenvalue weighted by atomic mass is 19.1. The van der Waals surface area contributed by atoms with Gasteiger partial charge in [0.15, 0.2) is 11.6 Å². The topological polar surface area (TPSA) is 113 Å². The van der Waals surface area contributed by atoms with Gasteiger partial charge in [-0.15, -0.1) is 0 Å². The first kappa shape index (κ1) is 20.6. The van der Waals surface area contributed by atoms with Crippen LogP contribution in [-0.4, -0.2) is 23.4 Å². The minimum Gasteiger partial charge on any atom is -0.482 e. The lowest BCUT2D eigenvalue weighted by Gasteiger charge is -2.21. The molecule has 1 aromatic carbocycles. The molecule has 1 aliphatic rings. The van der Waals surface area contributed by atoms with Gasteiger partial charge in [0.1, 0.15) is 17.7 Å².